The summed E-state index contributed by atoms with van der Waals surface area (Å²) in [5.74, 6) is -0.433. The number of rotatable bonds is 7. The van der Waals surface area contributed by atoms with Crippen LogP contribution >= 0.6 is 11.3 Å². The molecular formula is C20H20N4O3S2. The number of benzene rings is 2. The van der Waals surface area contributed by atoms with Crippen molar-refractivity contribution >= 4 is 38.1 Å². The Hall–Kier alpha value is -3.17. The molecule has 0 bridgehead atoms. The lowest BCUT2D eigenvalue weighted by Gasteiger charge is -2.10. The first kappa shape index (κ1) is 20.6. The standard InChI is InChI=1S/C20H20N4O3S2/c1-13-9-11-17(12-10-13)29(26,27)24-20-21-15(3)18(28-20)19(25)23-22-14(2)16-7-5-4-6-8-16/h4-12,22H,2H2,1,3H3,(H,21,24)(H,23,25). The lowest BCUT2D eigenvalue weighted by atomic mass is 10.2. The number of anilines is 1. The van der Waals surface area contributed by atoms with Gasteiger partial charge in [0.25, 0.3) is 15.9 Å². The fraction of sp³-hybridized carbons (Fsp3) is 0.100. The molecule has 0 saturated carbocycles. The van der Waals surface area contributed by atoms with Crippen LogP contribution in [-0.4, -0.2) is 19.3 Å². The molecule has 3 rings (SSSR count). The predicted molar refractivity (Wildman–Crippen MR) is 115 cm³/mol. The van der Waals surface area contributed by atoms with Gasteiger partial charge in [-0.2, -0.15) is 0 Å². The summed E-state index contributed by atoms with van der Waals surface area (Å²) < 4.78 is 27.4. The molecular weight excluding hydrogens is 408 g/mol. The summed E-state index contributed by atoms with van der Waals surface area (Å²) in [6.07, 6.45) is 0. The number of hydrazine groups is 1. The minimum Gasteiger partial charge on any atom is -0.298 e. The van der Waals surface area contributed by atoms with E-state index in [0.29, 0.717) is 16.3 Å². The molecule has 0 radical (unpaired) electrons. The van der Waals surface area contributed by atoms with Gasteiger partial charge in [0.1, 0.15) is 4.88 Å². The van der Waals surface area contributed by atoms with E-state index in [0.717, 1.165) is 22.5 Å². The smallest absolute Gasteiger partial charge is 0.281 e. The fourth-order valence-electron chi connectivity index (χ4n) is 2.44. The summed E-state index contributed by atoms with van der Waals surface area (Å²) in [6, 6.07) is 15.8. The Balaban J connectivity index is 1.68. The van der Waals surface area contributed by atoms with E-state index < -0.39 is 15.9 Å². The van der Waals surface area contributed by atoms with Crippen molar-refractivity contribution in [3.63, 3.8) is 0 Å². The topological polar surface area (TPSA) is 100 Å². The molecule has 0 aliphatic carbocycles. The lowest BCUT2D eigenvalue weighted by molar-refractivity contribution is 0.0945. The highest BCUT2D eigenvalue weighted by Gasteiger charge is 2.20. The Morgan fingerprint density at radius 1 is 1.00 bits per heavy atom. The van der Waals surface area contributed by atoms with Crippen LogP contribution in [0.3, 0.4) is 0 Å². The van der Waals surface area contributed by atoms with Crippen molar-refractivity contribution in [3.05, 3.63) is 82.9 Å². The molecule has 1 heterocycles. The third-order valence-electron chi connectivity index (χ3n) is 4.00. The number of thiazole rings is 1. The second kappa shape index (κ2) is 8.46. The largest absolute Gasteiger partial charge is 0.298 e. The fourth-order valence-corrected chi connectivity index (χ4v) is 4.54. The average molecular weight is 429 g/mol. The molecule has 0 aliphatic heterocycles. The molecule has 0 unspecified atom stereocenters. The van der Waals surface area contributed by atoms with Crippen molar-refractivity contribution in [1.29, 1.82) is 0 Å². The molecule has 0 spiro atoms. The van der Waals surface area contributed by atoms with Crippen LogP contribution in [0, 0.1) is 13.8 Å². The number of sulfonamides is 1. The van der Waals surface area contributed by atoms with E-state index in [1.165, 1.54) is 12.1 Å². The Bertz CT molecular complexity index is 1140. The highest BCUT2D eigenvalue weighted by Crippen LogP contribution is 2.25. The summed E-state index contributed by atoms with van der Waals surface area (Å²) in [4.78, 5) is 17.0. The number of nitrogens with one attached hydrogen (secondary N) is 3. The number of hydrogen-bond acceptors (Lipinski definition) is 6. The first-order chi connectivity index (χ1) is 13.8. The van der Waals surface area contributed by atoms with Crippen molar-refractivity contribution in [2.45, 2.75) is 18.7 Å². The van der Waals surface area contributed by atoms with Crippen LogP contribution < -0.4 is 15.6 Å². The van der Waals surface area contributed by atoms with Crippen molar-refractivity contribution in [1.82, 2.24) is 15.8 Å². The van der Waals surface area contributed by atoms with E-state index in [2.05, 4.69) is 27.1 Å². The number of carbonyl (C=O) groups excluding carboxylic acids is 1. The molecule has 0 fully saturated rings. The molecule has 2 aromatic carbocycles. The summed E-state index contributed by atoms with van der Waals surface area (Å²) >= 11 is 0.957. The molecule has 9 heteroatoms. The van der Waals surface area contributed by atoms with Crippen LogP contribution in [-0.2, 0) is 10.0 Å². The van der Waals surface area contributed by atoms with Gasteiger partial charge in [-0.15, -0.1) is 0 Å². The zero-order chi connectivity index (χ0) is 21.0. The van der Waals surface area contributed by atoms with Gasteiger partial charge in [0.2, 0.25) is 0 Å². The van der Waals surface area contributed by atoms with Gasteiger partial charge in [-0.25, -0.2) is 13.4 Å². The van der Waals surface area contributed by atoms with Gasteiger partial charge in [-0.3, -0.25) is 20.4 Å². The van der Waals surface area contributed by atoms with Gasteiger partial charge in [-0.1, -0.05) is 65.9 Å². The minimum atomic E-state index is -3.78. The zero-order valence-corrected chi connectivity index (χ0v) is 17.5. The Morgan fingerprint density at radius 3 is 2.31 bits per heavy atom. The number of hydrogen-bond donors (Lipinski definition) is 3. The quantitative estimate of drug-likeness (QED) is 0.501. The third kappa shape index (κ3) is 5.01. The SMILES string of the molecule is C=C(NNC(=O)c1sc(NS(=O)(=O)c2ccc(C)cc2)nc1C)c1ccccc1. The molecule has 1 aromatic heterocycles. The first-order valence-corrected chi connectivity index (χ1v) is 10.9. The highest BCUT2D eigenvalue weighted by atomic mass is 32.2. The predicted octanol–water partition coefficient (Wildman–Crippen LogP) is 3.47. The highest BCUT2D eigenvalue weighted by molar-refractivity contribution is 7.93. The van der Waals surface area contributed by atoms with E-state index in [9.17, 15) is 13.2 Å². The number of carbonyl (C=O) groups is 1. The molecule has 3 aromatic rings. The van der Waals surface area contributed by atoms with Gasteiger partial charge in [0, 0.05) is 0 Å². The van der Waals surface area contributed by atoms with E-state index in [1.807, 2.05) is 37.3 Å². The Kier molecular flexibility index (Phi) is 6.00. The molecule has 0 atom stereocenters. The van der Waals surface area contributed by atoms with Gasteiger partial charge in [-0.05, 0) is 31.5 Å². The lowest BCUT2D eigenvalue weighted by Crippen LogP contribution is -2.35. The van der Waals surface area contributed by atoms with E-state index in [4.69, 9.17) is 0 Å². The second-order valence-corrected chi connectivity index (χ2v) is 8.96. The maximum absolute atomic E-state index is 12.5. The number of amides is 1. The van der Waals surface area contributed by atoms with Crippen molar-refractivity contribution in [3.8, 4) is 0 Å². The number of aryl methyl sites for hydroxylation is 2. The summed E-state index contributed by atoms with van der Waals surface area (Å²) in [5, 5.41) is 0.120. The van der Waals surface area contributed by atoms with Crippen molar-refractivity contribution < 1.29 is 13.2 Å². The normalized spacial score (nSPS) is 11.0. The molecule has 0 aliphatic rings. The van der Waals surface area contributed by atoms with Crippen molar-refractivity contribution in [2.75, 3.05) is 4.72 Å². The maximum Gasteiger partial charge on any atom is 0.281 e. The van der Waals surface area contributed by atoms with Crippen LogP contribution in [0.25, 0.3) is 5.70 Å². The molecule has 150 valence electrons. The summed E-state index contributed by atoms with van der Waals surface area (Å²) in [6.45, 7) is 7.39. The second-order valence-electron chi connectivity index (χ2n) is 6.28. The molecule has 1 amide bonds. The average Bonchev–Trinajstić information content (AvgIpc) is 3.06. The molecule has 29 heavy (non-hydrogen) atoms. The van der Waals surface area contributed by atoms with Crippen molar-refractivity contribution in [2.24, 2.45) is 0 Å². The zero-order valence-electron chi connectivity index (χ0n) is 15.9. The van der Waals surface area contributed by atoms with Gasteiger partial charge >= 0.3 is 0 Å². The minimum absolute atomic E-state index is 0.120. The van der Waals surface area contributed by atoms with Gasteiger partial charge in [0.15, 0.2) is 5.13 Å². The van der Waals surface area contributed by atoms with Crippen LogP contribution in [0.15, 0.2) is 66.1 Å². The van der Waals surface area contributed by atoms with E-state index in [1.54, 1.807) is 19.1 Å². The Labute approximate surface area is 173 Å². The monoisotopic (exact) mass is 428 g/mol. The van der Waals surface area contributed by atoms with Gasteiger partial charge in [0.05, 0.1) is 16.3 Å². The number of nitrogens with zero attached hydrogens (tertiary/aromatic N) is 1. The summed E-state index contributed by atoms with van der Waals surface area (Å²) in [5.41, 5.74) is 8.05. The van der Waals surface area contributed by atoms with Gasteiger partial charge < -0.3 is 0 Å². The summed E-state index contributed by atoms with van der Waals surface area (Å²) in [7, 11) is -3.78. The Morgan fingerprint density at radius 2 is 1.66 bits per heavy atom. The van der Waals surface area contributed by atoms with Crippen LogP contribution in [0.1, 0.15) is 26.5 Å². The first-order valence-electron chi connectivity index (χ1n) is 8.64. The van der Waals surface area contributed by atoms with Crippen LogP contribution in [0.5, 0.6) is 0 Å². The molecule has 7 nitrogen and oxygen atoms in total. The van der Waals surface area contributed by atoms with E-state index in [-0.39, 0.29) is 10.0 Å². The van der Waals surface area contributed by atoms with Crippen LogP contribution in [0.2, 0.25) is 0 Å². The number of aromatic nitrogens is 1. The third-order valence-corrected chi connectivity index (χ3v) is 6.56. The van der Waals surface area contributed by atoms with E-state index >= 15 is 0 Å². The molecule has 3 N–H and O–H groups in total. The maximum atomic E-state index is 12.5. The molecule has 0 saturated heterocycles. The van der Waals surface area contributed by atoms with Crippen LogP contribution in [0.4, 0.5) is 5.13 Å².